The second-order valence-corrected chi connectivity index (χ2v) is 12.6. The molecule has 0 saturated heterocycles. The van der Waals surface area contributed by atoms with Crippen molar-refractivity contribution in [1.82, 2.24) is 9.58 Å². The maximum absolute atomic E-state index is 13.3. The molecule has 1 atom stereocenters. The molecule has 3 rings (SSSR count). The fourth-order valence-electron chi connectivity index (χ4n) is 3.34. The Morgan fingerprint density at radius 2 is 1.68 bits per heavy atom. The number of nitrogens with one attached hydrogen (secondary N) is 1. The van der Waals surface area contributed by atoms with E-state index in [4.69, 9.17) is 10.6 Å². The summed E-state index contributed by atoms with van der Waals surface area (Å²) in [6, 6.07) is 17.8. The minimum Gasteiger partial charge on any atom is -0.497 e. The van der Waals surface area contributed by atoms with E-state index in [2.05, 4.69) is 24.1 Å². The van der Waals surface area contributed by atoms with E-state index in [1.807, 2.05) is 24.3 Å². The van der Waals surface area contributed by atoms with Crippen LogP contribution in [0.3, 0.4) is 0 Å². The number of amides is 2. The van der Waals surface area contributed by atoms with Crippen LogP contribution in [0.25, 0.3) is 0 Å². The zero-order valence-corrected chi connectivity index (χ0v) is 20.5. The number of carbonyl (C=O) groups excluding carboxylic acids is 2. The Kier molecular flexibility index (Phi) is 7.80. The van der Waals surface area contributed by atoms with E-state index in [1.165, 1.54) is 21.7 Å². The lowest BCUT2D eigenvalue weighted by molar-refractivity contribution is -0.139. The number of benzene rings is 2. The van der Waals surface area contributed by atoms with Crippen molar-refractivity contribution >= 4 is 27.5 Å². The summed E-state index contributed by atoms with van der Waals surface area (Å²) in [6.07, 6.45) is 8.07. The van der Waals surface area contributed by atoms with Crippen LogP contribution in [-0.2, 0) is 16.1 Å². The Balaban J connectivity index is 1.88. The number of hydrazine groups is 1. The Morgan fingerprint density at radius 1 is 1.03 bits per heavy atom. The van der Waals surface area contributed by atoms with Crippen molar-refractivity contribution in [3.05, 3.63) is 88.8 Å². The zero-order chi connectivity index (χ0) is 24.9. The van der Waals surface area contributed by atoms with Gasteiger partial charge in [-0.05, 0) is 71.7 Å². The Hall–Kier alpha value is -3.56. The monoisotopic (exact) mass is 482 g/mol. The molecular formula is C25H30N4O4S. The van der Waals surface area contributed by atoms with Gasteiger partial charge in [0.05, 0.1) is 7.11 Å². The molecule has 3 N–H and O–H groups in total. The van der Waals surface area contributed by atoms with Crippen LogP contribution in [-0.4, -0.2) is 47.3 Å². The molecule has 1 unspecified atom stereocenters. The van der Waals surface area contributed by atoms with Crippen LogP contribution in [0.1, 0.15) is 11.6 Å². The lowest BCUT2D eigenvalue weighted by atomic mass is 10.0. The van der Waals surface area contributed by atoms with Crippen molar-refractivity contribution in [1.29, 1.82) is 0 Å². The first kappa shape index (κ1) is 25.1. The second kappa shape index (κ2) is 10.6. The van der Waals surface area contributed by atoms with Crippen LogP contribution in [0.15, 0.2) is 82.6 Å². The number of aromatic nitrogens is 1. The highest BCUT2D eigenvalue weighted by Gasteiger charge is 2.30. The first-order valence-electron chi connectivity index (χ1n) is 10.6. The van der Waals surface area contributed by atoms with Gasteiger partial charge < -0.3 is 14.6 Å². The summed E-state index contributed by atoms with van der Waals surface area (Å²) in [6.45, 7) is -0.292. The summed E-state index contributed by atoms with van der Waals surface area (Å²) in [5.41, 5.74) is 0.761. The smallest absolute Gasteiger partial charge is 0.257 e. The van der Waals surface area contributed by atoms with E-state index in [0.717, 1.165) is 5.01 Å². The molecule has 0 saturated carbocycles. The van der Waals surface area contributed by atoms with Gasteiger partial charge in [0, 0.05) is 18.0 Å². The quantitative estimate of drug-likeness (QED) is 0.292. The largest absolute Gasteiger partial charge is 0.497 e. The minimum atomic E-state index is -1.12. The van der Waals surface area contributed by atoms with Crippen LogP contribution in [0.5, 0.6) is 5.75 Å². The highest BCUT2D eigenvalue weighted by Crippen LogP contribution is 2.45. The van der Waals surface area contributed by atoms with Gasteiger partial charge in [-0.3, -0.25) is 19.4 Å². The third-order valence-corrected chi connectivity index (χ3v) is 6.97. The number of hydrogen-bond acceptors (Lipinski definition) is 5. The highest BCUT2D eigenvalue weighted by atomic mass is 32.3. The van der Waals surface area contributed by atoms with Crippen LogP contribution >= 0.6 is 10.0 Å². The molecule has 34 heavy (non-hydrogen) atoms. The number of carbonyl (C=O) groups is 2. The average Bonchev–Trinajstić information content (AvgIpc) is 2.81. The van der Waals surface area contributed by atoms with Gasteiger partial charge in [0.15, 0.2) is 6.04 Å². The van der Waals surface area contributed by atoms with Gasteiger partial charge in [-0.25, -0.2) is 15.9 Å². The molecule has 3 aromatic rings. The number of nitrogens with two attached hydrogens (primary N) is 1. The molecule has 1 aromatic heterocycles. The lowest BCUT2D eigenvalue weighted by Crippen LogP contribution is -2.47. The third-order valence-electron chi connectivity index (χ3n) is 5.28. The molecule has 0 radical (unpaired) electrons. The molecule has 0 fully saturated rings. The Morgan fingerprint density at radius 3 is 2.24 bits per heavy atom. The van der Waals surface area contributed by atoms with Gasteiger partial charge in [0.25, 0.3) is 17.4 Å². The average molecular weight is 483 g/mol. The van der Waals surface area contributed by atoms with Crippen molar-refractivity contribution in [2.24, 2.45) is 5.84 Å². The van der Waals surface area contributed by atoms with E-state index in [1.54, 1.807) is 43.5 Å². The summed E-state index contributed by atoms with van der Waals surface area (Å²) < 4.78 is 6.43. The fraction of sp³-hybridized carbons (Fsp3) is 0.240. The molecule has 8 nitrogen and oxygen atoms in total. The van der Waals surface area contributed by atoms with Crippen LogP contribution < -0.4 is 21.5 Å². The predicted molar refractivity (Wildman–Crippen MR) is 136 cm³/mol. The molecule has 2 amide bonds. The highest BCUT2D eigenvalue weighted by molar-refractivity contribution is 8.32. The number of ether oxygens (including phenoxy) is 1. The molecule has 0 aliphatic rings. The van der Waals surface area contributed by atoms with Gasteiger partial charge in [-0.1, -0.05) is 18.2 Å². The van der Waals surface area contributed by atoms with Crippen molar-refractivity contribution in [2.75, 3.05) is 31.2 Å². The fourth-order valence-corrected chi connectivity index (χ4v) is 4.30. The number of rotatable bonds is 8. The normalized spacial score (nSPS) is 12.5. The summed E-state index contributed by atoms with van der Waals surface area (Å²) in [5, 5.41) is 3.72. The van der Waals surface area contributed by atoms with Crippen molar-refractivity contribution in [3.63, 3.8) is 0 Å². The predicted octanol–water partition coefficient (Wildman–Crippen LogP) is 2.99. The van der Waals surface area contributed by atoms with Crippen molar-refractivity contribution in [2.45, 2.75) is 17.5 Å². The number of methoxy groups -OCH3 is 1. The molecular weight excluding hydrogens is 452 g/mol. The van der Waals surface area contributed by atoms with Gasteiger partial charge in [0.1, 0.15) is 12.3 Å². The molecule has 0 spiro atoms. The molecule has 2 aromatic carbocycles. The molecule has 180 valence electrons. The molecule has 0 aliphatic carbocycles. The number of anilines is 1. The second-order valence-electron chi connectivity index (χ2n) is 8.49. The number of pyridine rings is 1. The van der Waals surface area contributed by atoms with E-state index in [9.17, 15) is 14.4 Å². The van der Waals surface area contributed by atoms with E-state index in [0.29, 0.717) is 17.0 Å². The third kappa shape index (κ3) is 6.06. The molecule has 9 heteroatoms. The standard InChI is InChI=1S/C25H30N4O4S/c1-33-20-12-8-18(9-13-20)24(29(26)23(31)17-28-16-6-5-7-22(28)30)25(32)27-19-10-14-21(15-11-19)34(2,3)4/h5-16,24H,17,26H2,1-4H3,(H,27,32). The Bertz CT molecular complexity index is 1200. The summed E-state index contributed by atoms with van der Waals surface area (Å²) in [7, 11) is 0.643. The van der Waals surface area contributed by atoms with Crippen LogP contribution in [0.2, 0.25) is 0 Å². The van der Waals surface area contributed by atoms with Gasteiger partial charge in [0.2, 0.25) is 0 Å². The van der Waals surface area contributed by atoms with Crippen LogP contribution in [0.4, 0.5) is 5.69 Å². The number of hydrogen-bond donors (Lipinski definition) is 2. The molecule has 0 aliphatic heterocycles. The molecule has 1 heterocycles. The number of nitrogens with zero attached hydrogens (tertiary/aromatic N) is 2. The van der Waals surface area contributed by atoms with E-state index >= 15 is 0 Å². The van der Waals surface area contributed by atoms with Gasteiger partial charge in [-0.15, -0.1) is 0 Å². The lowest BCUT2D eigenvalue weighted by Gasteiger charge is -2.28. The van der Waals surface area contributed by atoms with Gasteiger partial charge >= 0.3 is 0 Å². The molecule has 0 bridgehead atoms. The SMILES string of the molecule is COc1ccc(C(C(=O)Nc2ccc(S(C)(C)C)cc2)N(N)C(=O)Cn2ccccc2=O)cc1. The van der Waals surface area contributed by atoms with E-state index < -0.39 is 27.9 Å². The van der Waals surface area contributed by atoms with E-state index in [-0.39, 0.29) is 12.1 Å². The first-order chi connectivity index (χ1) is 16.1. The van der Waals surface area contributed by atoms with Gasteiger partial charge in [-0.2, -0.15) is 0 Å². The summed E-state index contributed by atoms with van der Waals surface area (Å²) in [5.74, 6) is 5.72. The van der Waals surface area contributed by atoms with Crippen molar-refractivity contribution in [3.8, 4) is 5.75 Å². The minimum absolute atomic E-state index is 0.292. The topological polar surface area (TPSA) is 107 Å². The maximum Gasteiger partial charge on any atom is 0.257 e. The summed E-state index contributed by atoms with van der Waals surface area (Å²) in [4.78, 5) is 39.5. The first-order valence-corrected chi connectivity index (χ1v) is 13.4. The van der Waals surface area contributed by atoms with Crippen molar-refractivity contribution < 1.29 is 14.3 Å². The maximum atomic E-state index is 13.3. The zero-order valence-electron chi connectivity index (χ0n) is 19.7. The van der Waals surface area contributed by atoms with Crippen LogP contribution in [0, 0.1) is 0 Å². The Labute approximate surface area is 200 Å². The summed E-state index contributed by atoms with van der Waals surface area (Å²) >= 11 is 0.